The van der Waals surface area contributed by atoms with Gasteiger partial charge in [-0.05, 0) is 55.2 Å². The highest BCUT2D eigenvalue weighted by Crippen LogP contribution is 2.27. The summed E-state index contributed by atoms with van der Waals surface area (Å²) in [5, 5.41) is 3.31. The van der Waals surface area contributed by atoms with Crippen molar-refractivity contribution in [3.63, 3.8) is 0 Å². The van der Waals surface area contributed by atoms with E-state index in [0.29, 0.717) is 23.7 Å². The highest BCUT2D eigenvalue weighted by molar-refractivity contribution is 6.34. The van der Waals surface area contributed by atoms with E-state index in [1.165, 1.54) is 11.8 Å². The number of carbonyl (C=O) groups is 2. The number of halogens is 1. The highest BCUT2D eigenvalue weighted by atomic mass is 35.5. The lowest BCUT2D eigenvalue weighted by atomic mass is 10.1. The summed E-state index contributed by atoms with van der Waals surface area (Å²) in [6.07, 6.45) is 0.633. The smallest absolute Gasteiger partial charge is 0.244 e. The van der Waals surface area contributed by atoms with Crippen molar-refractivity contribution in [2.75, 3.05) is 25.5 Å². The Labute approximate surface area is 165 Å². The second-order valence-electron chi connectivity index (χ2n) is 6.53. The standard InChI is InChI=1S/C21H25ClN2O3/c1-14-10-15(2)21(19(22)11-14)23-20(26)13-24(16(3)25)9-8-17-6-5-7-18(12-17)27-4/h5-7,10-12H,8-9,13H2,1-4H3,(H,23,26). The largest absolute Gasteiger partial charge is 0.497 e. The first-order valence-corrected chi connectivity index (χ1v) is 9.13. The van der Waals surface area contributed by atoms with Gasteiger partial charge in [0.1, 0.15) is 5.75 Å². The summed E-state index contributed by atoms with van der Waals surface area (Å²) in [5.74, 6) is 0.341. The Bertz CT molecular complexity index is 813. The third kappa shape index (κ3) is 6.00. The molecular formula is C21H25ClN2O3. The molecule has 0 heterocycles. The number of carbonyl (C=O) groups excluding carboxylic acids is 2. The summed E-state index contributed by atoms with van der Waals surface area (Å²) in [6.45, 7) is 5.71. The van der Waals surface area contributed by atoms with E-state index >= 15 is 0 Å². The lowest BCUT2D eigenvalue weighted by Gasteiger charge is -2.21. The molecule has 0 bridgehead atoms. The zero-order chi connectivity index (χ0) is 20.0. The van der Waals surface area contributed by atoms with Gasteiger partial charge in [-0.15, -0.1) is 0 Å². The third-order valence-corrected chi connectivity index (χ3v) is 4.58. The van der Waals surface area contributed by atoms with Crippen molar-refractivity contribution >= 4 is 29.1 Å². The number of hydrogen-bond donors (Lipinski definition) is 1. The van der Waals surface area contributed by atoms with Crippen LogP contribution in [-0.4, -0.2) is 36.9 Å². The Morgan fingerprint density at radius 2 is 1.93 bits per heavy atom. The number of anilines is 1. The van der Waals surface area contributed by atoms with Crippen molar-refractivity contribution in [3.05, 3.63) is 58.1 Å². The van der Waals surface area contributed by atoms with Gasteiger partial charge in [-0.2, -0.15) is 0 Å². The number of ether oxygens (including phenoxy) is 1. The van der Waals surface area contributed by atoms with Crippen LogP contribution >= 0.6 is 11.6 Å². The predicted octanol–water partition coefficient (Wildman–Crippen LogP) is 4.00. The summed E-state index contributed by atoms with van der Waals surface area (Å²) >= 11 is 6.24. The SMILES string of the molecule is COc1cccc(CCN(CC(=O)Nc2c(C)cc(C)cc2Cl)C(C)=O)c1. The maximum Gasteiger partial charge on any atom is 0.244 e. The van der Waals surface area contributed by atoms with Gasteiger partial charge in [0.2, 0.25) is 11.8 Å². The summed E-state index contributed by atoms with van der Waals surface area (Å²) in [4.78, 5) is 25.9. The lowest BCUT2D eigenvalue weighted by Crippen LogP contribution is -2.38. The van der Waals surface area contributed by atoms with Crippen molar-refractivity contribution < 1.29 is 14.3 Å². The molecule has 0 aromatic heterocycles. The summed E-state index contributed by atoms with van der Waals surface area (Å²) in [7, 11) is 1.61. The average molecular weight is 389 g/mol. The zero-order valence-electron chi connectivity index (χ0n) is 16.1. The number of hydrogen-bond acceptors (Lipinski definition) is 3. The van der Waals surface area contributed by atoms with Crippen LogP contribution in [0.5, 0.6) is 5.75 Å². The zero-order valence-corrected chi connectivity index (χ0v) is 16.9. The molecule has 0 unspecified atom stereocenters. The monoisotopic (exact) mass is 388 g/mol. The molecule has 6 heteroatoms. The molecule has 0 aliphatic rings. The number of aryl methyl sites for hydroxylation is 2. The summed E-state index contributed by atoms with van der Waals surface area (Å²) < 4.78 is 5.21. The fraction of sp³-hybridized carbons (Fsp3) is 0.333. The number of nitrogens with one attached hydrogen (secondary N) is 1. The van der Waals surface area contributed by atoms with E-state index < -0.39 is 0 Å². The molecule has 2 amide bonds. The van der Waals surface area contributed by atoms with Crippen molar-refractivity contribution in [1.82, 2.24) is 4.90 Å². The molecule has 0 radical (unpaired) electrons. The van der Waals surface area contributed by atoms with Crippen LogP contribution in [0.3, 0.4) is 0 Å². The van der Waals surface area contributed by atoms with Crippen LogP contribution < -0.4 is 10.1 Å². The molecule has 0 spiro atoms. The van der Waals surface area contributed by atoms with Gasteiger partial charge in [0, 0.05) is 13.5 Å². The maximum absolute atomic E-state index is 12.4. The van der Waals surface area contributed by atoms with E-state index in [1.807, 2.05) is 44.2 Å². The molecule has 0 saturated heterocycles. The molecular weight excluding hydrogens is 364 g/mol. The average Bonchev–Trinajstić information content (AvgIpc) is 2.61. The number of nitrogens with zero attached hydrogens (tertiary/aromatic N) is 1. The first kappa shape index (κ1) is 20.8. The Morgan fingerprint density at radius 3 is 2.56 bits per heavy atom. The van der Waals surface area contributed by atoms with Gasteiger partial charge in [0.25, 0.3) is 0 Å². The van der Waals surface area contributed by atoms with Gasteiger partial charge < -0.3 is 15.0 Å². The molecule has 2 aromatic carbocycles. The molecule has 2 rings (SSSR count). The highest BCUT2D eigenvalue weighted by Gasteiger charge is 2.16. The maximum atomic E-state index is 12.4. The number of methoxy groups -OCH3 is 1. The Morgan fingerprint density at radius 1 is 1.19 bits per heavy atom. The minimum absolute atomic E-state index is 0.0249. The quantitative estimate of drug-likeness (QED) is 0.780. The van der Waals surface area contributed by atoms with Crippen molar-refractivity contribution in [2.45, 2.75) is 27.2 Å². The Hall–Kier alpha value is -2.53. The van der Waals surface area contributed by atoms with Crippen LogP contribution in [0, 0.1) is 13.8 Å². The van der Waals surface area contributed by atoms with E-state index in [9.17, 15) is 9.59 Å². The molecule has 1 N–H and O–H groups in total. The van der Waals surface area contributed by atoms with Crippen molar-refractivity contribution in [3.8, 4) is 5.75 Å². The number of amides is 2. The van der Waals surface area contributed by atoms with Gasteiger partial charge in [-0.1, -0.05) is 29.8 Å². The molecule has 0 atom stereocenters. The second-order valence-corrected chi connectivity index (χ2v) is 6.94. The summed E-state index contributed by atoms with van der Waals surface area (Å²) in [6, 6.07) is 11.4. The lowest BCUT2D eigenvalue weighted by molar-refractivity contribution is -0.132. The van der Waals surface area contributed by atoms with Crippen molar-refractivity contribution in [1.29, 1.82) is 0 Å². The minimum atomic E-state index is -0.273. The third-order valence-electron chi connectivity index (χ3n) is 4.28. The van der Waals surface area contributed by atoms with Gasteiger partial charge in [-0.3, -0.25) is 9.59 Å². The van der Waals surface area contributed by atoms with Crippen LogP contribution in [0.2, 0.25) is 5.02 Å². The molecule has 0 saturated carbocycles. The predicted molar refractivity (Wildman–Crippen MR) is 109 cm³/mol. The molecule has 27 heavy (non-hydrogen) atoms. The first-order valence-electron chi connectivity index (χ1n) is 8.75. The topological polar surface area (TPSA) is 58.6 Å². The fourth-order valence-corrected chi connectivity index (χ4v) is 3.23. The minimum Gasteiger partial charge on any atom is -0.497 e. The van der Waals surface area contributed by atoms with Crippen LogP contribution in [0.15, 0.2) is 36.4 Å². The number of rotatable bonds is 7. The molecule has 0 aliphatic carbocycles. The van der Waals surface area contributed by atoms with E-state index in [1.54, 1.807) is 13.2 Å². The fourth-order valence-electron chi connectivity index (χ4n) is 2.87. The first-order chi connectivity index (χ1) is 12.8. The van der Waals surface area contributed by atoms with Crippen molar-refractivity contribution in [2.24, 2.45) is 0 Å². The van der Waals surface area contributed by atoms with Gasteiger partial charge >= 0.3 is 0 Å². The second kappa shape index (κ2) is 9.42. The Balaban J connectivity index is 2.01. The molecule has 0 fully saturated rings. The van der Waals surface area contributed by atoms with Crippen LogP contribution in [0.25, 0.3) is 0 Å². The van der Waals surface area contributed by atoms with Crippen LogP contribution in [0.1, 0.15) is 23.6 Å². The molecule has 2 aromatic rings. The number of benzene rings is 2. The van der Waals surface area contributed by atoms with Gasteiger partial charge in [0.05, 0.1) is 24.4 Å². The van der Waals surface area contributed by atoms with Crippen LogP contribution in [-0.2, 0) is 16.0 Å². The van der Waals surface area contributed by atoms with Crippen LogP contribution in [0.4, 0.5) is 5.69 Å². The molecule has 5 nitrogen and oxygen atoms in total. The van der Waals surface area contributed by atoms with Gasteiger partial charge in [-0.25, -0.2) is 0 Å². The summed E-state index contributed by atoms with van der Waals surface area (Å²) in [5.41, 5.74) is 3.54. The Kier molecular flexibility index (Phi) is 7.25. The van der Waals surface area contributed by atoms with Gasteiger partial charge in [0.15, 0.2) is 0 Å². The molecule has 0 aliphatic heterocycles. The molecule has 144 valence electrons. The van der Waals surface area contributed by atoms with E-state index in [0.717, 1.165) is 22.4 Å². The van der Waals surface area contributed by atoms with E-state index in [-0.39, 0.29) is 18.4 Å². The normalized spacial score (nSPS) is 10.4. The van der Waals surface area contributed by atoms with E-state index in [2.05, 4.69) is 5.32 Å². The van der Waals surface area contributed by atoms with E-state index in [4.69, 9.17) is 16.3 Å².